The quantitative estimate of drug-likeness (QED) is 0.886. The van der Waals surface area contributed by atoms with Gasteiger partial charge in [-0.25, -0.2) is 4.79 Å². The molecule has 0 bridgehead atoms. The summed E-state index contributed by atoms with van der Waals surface area (Å²) in [4.78, 5) is 10.9. The highest BCUT2D eigenvalue weighted by Gasteiger charge is 2.17. The summed E-state index contributed by atoms with van der Waals surface area (Å²) in [5.41, 5.74) is 0.296. The molecule has 0 aromatic carbocycles. The molecule has 1 N–H and O–H groups in total. The normalized spacial score (nSPS) is 17.2. The molecule has 0 aliphatic heterocycles. The van der Waals surface area contributed by atoms with Crippen LogP contribution in [-0.4, -0.2) is 16.3 Å². The zero-order valence-corrected chi connectivity index (χ0v) is 10.9. The average molecular weight is 254 g/mol. The Labute approximate surface area is 106 Å². The van der Waals surface area contributed by atoms with Crippen LogP contribution < -0.4 is 0 Å². The summed E-state index contributed by atoms with van der Waals surface area (Å²) in [6, 6.07) is 1.66. The molecule has 4 heteroatoms. The highest BCUT2D eigenvalue weighted by Crippen LogP contribution is 2.31. The molecule has 1 heterocycles. The number of furan rings is 1. The molecule has 0 amide bonds. The van der Waals surface area contributed by atoms with Crippen molar-refractivity contribution < 1.29 is 14.3 Å². The van der Waals surface area contributed by atoms with Crippen LogP contribution in [0.4, 0.5) is 0 Å². The molecule has 1 aromatic heterocycles. The SMILES string of the molecule is Cc1oc(CSC2CCCCC2)cc1C(=O)O. The first-order chi connectivity index (χ1) is 8.16. The third-order valence-corrected chi connectivity index (χ3v) is 4.61. The van der Waals surface area contributed by atoms with Crippen LogP contribution >= 0.6 is 11.8 Å². The minimum atomic E-state index is -0.903. The lowest BCUT2D eigenvalue weighted by atomic mass is 10.0. The molecule has 17 heavy (non-hydrogen) atoms. The Balaban J connectivity index is 1.90. The van der Waals surface area contributed by atoms with Crippen LogP contribution in [0.15, 0.2) is 10.5 Å². The van der Waals surface area contributed by atoms with Crippen molar-refractivity contribution in [3.8, 4) is 0 Å². The van der Waals surface area contributed by atoms with Gasteiger partial charge in [-0.2, -0.15) is 11.8 Å². The van der Waals surface area contributed by atoms with E-state index in [4.69, 9.17) is 9.52 Å². The maximum absolute atomic E-state index is 10.9. The number of carboxylic acids is 1. The van der Waals surface area contributed by atoms with Gasteiger partial charge in [0, 0.05) is 5.25 Å². The first-order valence-corrected chi connectivity index (χ1v) is 7.16. The number of rotatable bonds is 4. The number of hydrogen-bond acceptors (Lipinski definition) is 3. The molecule has 0 unspecified atom stereocenters. The standard InChI is InChI=1S/C13H18O3S/c1-9-12(13(14)15)7-10(16-9)8-17-11-5-3-2-4-6-11/h7,11H,2-6,8H2,1H3,(H,14,15). The van der Waals surface area contributed by atoms with Gasteiger partial charge >= 0.3 is 5.97 Å². The van der Waals surface area contributed by atoms with E-state index >= 15 is 0 Å². The molecule has 1 fully saturated rings. The van der Waals surface area contributed by atoms with Crippen LogP contribution in [0.3, 0.4) is 0 Å². The van der Waals surface area contributed by atoms with Gasteiger partial charge in [-0.3, -0.25) is 0 Å². The van der Waals surface area contributed by atoms with Gasteiger partial charge in [0.2, 0.25) is 0 Å². The molecule has 1 aliphatic carbocycles. The van der Waals surface area contributed by atoms with Gasteiger partial charge in [-0.15, -0.1) is 0 Å². The van der Waals surface area contributed by atoms with Crippen molar-refractivity contribution in [3.05, 3.63) is 23.2 Å². The van der Waals surface area contributed by atoms with E-state index in [1.807, 2.05) is 11.8 Å². The Kier molecular flexibility index (Phi) is 4.15. The zero-order chi connectivity index (χ0) is 12.3. The Bertz CT molecular complexity index is 391. The number of aromatic carboxylic acids is 1. The third-order valence-electron chi connectivity index (χ3n) is 3.21. The topological polar surface area (TPSA) is 50.4 Å². The van der Waals surface area contributed by atoms with E-state index in [9.17, 15) is 4.79 Å². The highest BCUT2D eigenvalue weighted by molar-refractivity contribution is 7.99. The van der Waals surface area contributed by atoms with E-state index in [1.165, 1.54) is 32.1 Å². The van der Waals surface area contributed by atoms with Gasteiger partial charge < -0.3 is 9.52 Å². The van der Waals surface area contributed by atoms with Crippen molar-refractivity contribution >= 4 is 17.7 Å². The number of carbonyl (C=O) groups is 1. The maximum Gasteiger partial charge on any atom is 0.339 e. The molecule has 3 nitrogen and oxygen atoms in total. The fourth-order valence-corrected chi connectivity index (χ4v) is 3.47. The highest BCUT2D eigenvalue weighted by atomic mass is 32.2. The summed E-state index contributed by atoms with van der Waals surface area (Å²) in [6.45, 7) is 1.71. The summed E-state index contributed by atoms with van der Waals surface area (Å²) < 4.78 is 5.47. The second kappa shape index (κ2) is 5.63. The van der Waals surface area contributed by atoms with Crippen LogP contribution in [0.2, 0.25) is 0 Å². The van der Waals surface area contributed by atoms with E-state index in [2.05, 4.69) is 0 Å². The monoisotopic (exact) mass is 254 g/mol. The van der Waals surface area contributed by atoms with Crippen molar-refractivity contribution in [2.24, 2.45) is 0 Å². The van der Waals surface area contributed by atoms with Gasteiger partial charge in [0.1, 0.15) is 17.1 Å². The van der Waals surface area contributed by atoms with Crippen molar-refractivity contribution in [1.82, 2.24) is 0 Å². The minimum Gasteiger partial charge on any atom is -0.478 e. The molecule has 2 rings (SSSR count). The third kappa shape index (κ3) is 3.28. The average Bonchev–Trinajstić information content (AvgIpc) is 2.69. The Hall–Kier alpha value is -0.900. The van der Waals surface area contributed by atoms with Crippen molar-refractivity contribution in [1.29, 1.82) is 0 Å². The summed E-state index contributed by atoms with van der Waals surface area (Å²) in [7, 11) is 0. The lowest BCUT2D eigenvalue weighted by Gasteiger charge is -2.20. The molecule has 0 saturated heterocycles. The lowest BCUT2D eigenvalue weighted by molar-refractivity contribution is 0.0695. The number of thioether (sulfide) groups is 1. The largest absolute Gasteiger partial charge is 0.478 e. The van der Waals surface area contributed by atoms with E-state index in [-0.39, 0.29) is 0 Å². The summed E-state index contributed by atoms with van der Waals surface area (Å²) in [6.07, 6.45) is 6.59. The number of aryl methyl sites for hydroxylation is 1. The predicted molar refractivity (Wildman–Crippen MR) is 68.6 cm³/mol. The Morgan fingerprint density at radius 1 is 1.47 bits per heavy atom. The first-order valence-electron chi connectivity index (χ1n) is 6.11. The summed E-state index contributed by atoms with van der Waals surface area (Å²) >= 11 is 1.90. The van der Waals surface area contributed by atoms with Crippen LogP contribution in [-0.2, 0) is 5.75 Å². The van der Waals surface area contributed by atoms with E-state index in [1.54, 1.807) is 13.0 Å². The maximum atomic E-state index is 10.9. The van der Waals surface area contributed by atoms with Crippen molar-refractivity contribution in [2.45, 2.75) is 50.0 Å². The van der Waals surface area contributed by atoms with E-state index in [0.717, 1.165) is 16.8 Å². The Morgan fingerprint density at radius 2 is 2.18 bits per heavy atom. The van der Waals surface area contributed by atoms with Crippen LogP contribution in [0.1, 0.15) is 54.0 Å². The predicted octanol–water partition coefficient (Wildman–Crippen LogP) is 3.85. The molecule has 0 radical (unpaired) electrons. The van der Waals surface area contributed by atoms with Gasteiger partial charge in [0.15, 0.2) is 0 Å². The van der Waals surface area contributed by atoms with Crippen molar-refractivity contribution in [2.75, 3.05) is 0 Å². The van der Waals surface area contributed by atoms with Crippen LogP contribution in [0, 0.1) is 6.92 Å². The summed E-state index contributed by atoms with van der Waals surface area (Å²) in [5, 5.41) is 9.65. The fourth-order valence-electron chi connectivity index (χ4n) is 2.26. The number of hydrogen-bond donors (Lipinski definition) is 1. The van der Waals surface area contributed by atoms with Gasteiger partial charge in [-0.05, 0) is 25.8 Å². The second-order valence-corrected chi connectivity index (χ2v) is 5.85. The van der Waals surface area contributed by atoms with E-state index < -0.39 is 5.97 Å². The molecule has 94 valence electrons. The second-order valence-electron chi connectivity index (χ2n) is 4.56. The fraction of sp³-hybridized carbons (Fsp3) is 0.615. The van der Waals surface area contributed by atoms with Gasteiger partial charge in [0.25, 0.3) is 0 Å². The lowest BCUT2D eigenvalue weighted by Crippen LogP contribution is -2.07. The molecule has 1 aliphatic rings. The summed E-state index contributed by atoms with van der Waals surface area (Å²) in [5.74, 6) is 1.19. The van der Waals surface area contributed by atoms with E-state index in [0.29, 0.717) is 11.3 Å². The molecular weight excluding hydrogens is 236 g/mol. The van der Waals surface area contributed by atoms with Gasteiger partial charge in [0.05, 0.1) is 5.75 Å². The minimum absolute atomic E-state index is 0.296. The molecule has 1 saturated carbocycles. The molecule has 1 aromatic rings. The molecule has 0 spiro atoms. The molecule has 0 atom stereocenters. The van der Waals surface area contributed by atoms with Crippen LogP contribution in [0.25, 0.3) is 0 Å². The first kappa shape index (κ1) is 12.6. The van der Waals surface area contributed by atoms with Crippen molar-refractivity contribution in [3.63, 3.8) is 0 Å². The van der Waals surface area contributed by atoms with Gasteiger partial charge in [-0.1, -0.05) is 19.3 Å². The Morgan fingerprint density at radius 3 is 2.76 bits per heavy atom. The van der Waals surface area contributed by atoms with Crippen LogP contribution in [0.5, 0.6) is 0 Å². The zero-order valence-electron chi connectivity index (χ0n) is 10.1. The molecular formula is C13H18O3S. The number of carboxylic acid groups (broad SMARTS) is 1. The smallest absolute Gasteiger partial charge is 0.339 e.